The quantitative estimate of drug-likeness (QED) is 0.859. The van der Waals surface area contributed by atoms with Crippen molar-refractivity contribution < 1.29 is 4.74 Å². The van der Waals surface area contributed by atoms with Crippen LogP contribution in [0.2, 0.25) is 0 Å². The number of piperazine rings is 1. The van der Waals surface area contributed by atoms with Gasteiger partial charge in [-0.2, -0.15) is 0 Å². The average molecular weight is 261 g/mol. The summed E-state index contributed by atoms with van der Waals surface area (Å²) in [6.07, 6.45) is 6.27. The molecule has 1 aromatic heterocycles. The van der Waals surface area contributed by atoms with Gasteiger partial charge in [-0.05, 0) is 37.1 Å². The smallest absolute Gasteiger partial charge is 0.0585 e. The molecule has 2 fully saturated rings. The Hall–Kier alpha value is -0.970. The van der Waals surface area contributed by atoms with E-state index in [1.54, 1.807) is 0 Å². The first-order valence-electron chi connectivity index (χ1n) is 7.30. The van der Waals surface area contributed by atoms with Crippen LogP contribution in [0.25, 0.3) is 0 Å². The average Bonchev–Trinajstić information content (AvgIpc) is 2.44. The molecule has 3 rings (SSSR count). The first kappa shape index (κ1) is 13.0. The van der Waals surface area contributed by atoms with Crippen LogP contribution in [0.4, 0.5) is 0 Å². The summed E-state index contributed by atoms with van der Waals surface area (Å²) in [4.78, 5) is 6.68. The Morgan fingerprint density at radius 2 is 1.95 bits per heavy atom. The maximum absolute atomic E-state index is 5.49. The van der Waals surface area contributed by atoms with Crippen molar-refractivity contribution in [1.29, 1.82) is 0 Å². The van der Waals surface area contributed by atoms with Crippen LogP contribution >= 0.6 is 0 Å². The lowest BCUT2D eigenvalue weighted by Gasteiger charge is -2.42. The van der Waals surface area contributed by atoms with Gasteiger partial charge in [0, 0.05) is 44.0 Å². The second kappa shape index (κ2) is 5.99. The zero-order valence-corrected chi connectivity index (χ0v) is 11.5. The molecule has 0 unspecified atom stereocenters. The lowest BCUT2D eigenvalue weighted by Crippen LogP contribution is -2.48. The van der Waals surface area contributed by atoms with Gasteiger partial charge in [-0.1, -0.05) is 0 Å². The minimum atomic E-state index is 0.261. The van der Waals surface area contributed by atoms with Crippen molar-refractivity contribution in [2.24, 2.45) is 0 Å². The van der Waals surface area contributed by atoms with Crippen LogP contribution in [-0.4, -0.2) is 55.8 Å². The molecule has 0 bridgehead atoms. The summed E-state index contributed by atoms with van der Waals surface area (Å²) in [5.41, 5.74) is 1.66. The van der Waals surface area contributed by atoms with Gasteiger partial charge >= 0.3 is 0 Å². The predicted molar refractivity (Wildman–Crippen MR) is 75.3 cm³/mol. The summed E-state index contributed by atoms with van der Waals surface area (Å²) in [5, 5.41) is 3.40. The summed E-state index contributed by atoms with van der Waals surface area (Å²) in [5.74, 6) is 0. The number of pyridine rings is 1. The summed E-state index contributed by atoms with van der Waals surface area (Å²) in [6, 6.07) is 4.29. The Balaban J connectivity index is 1.52. The normalized spacial score (nSPS) is 22.9. The van der Waals surface area contributed by atoms with Gasteiger partial charge < -0.3 is 15.0 Å². The van der Waals surface area contributed by atoms with E-state index in [0.717, 1.165) is 26.3 Å². The molecule has 0 aromatic carbocycles. The second-order valence-electron chi connectivity index (χ2n) is 5.70. The van der Waals surface area contributed by atoms with Crippen LogP contribution in [0.5, 0.6) is 0 Å². The van der Waals surface area contributed by atoms with Gasteiger partial charge in [0.2, 0.25) is 0 Å². The molecule has 2 aliphatic heterocycles. The van der Waals surface area contributed by atoms with Gasteiger partial charge in [-0.25, -0.2) is 0 Å². The van der Waals surface area contributed by atoms with Gasteiger partial charge in [-0.3, -0.25) is 4.98 Å². The molecule has 1 aromatic rings. The number of hydrogen-bond donors (Lipinski definition) is 1. The Kier molecular flexibility index (Phi) is 4.11. The minimum absolute atomic E-state index is 0.261. The standard InChI is InChI=1S/C15H23N3O/c1(9-18-10-7-17-8-11-18)4-15(12-19-13-15)14-2-5-16-6-3-14/h2-3,5-6,17H,1,4,7-13H2. The molecule has 0 spiro atoms. The maximum Gasteiger partial charge on any atom is 0.0585 e. The molecule has 0 amide bonds. The summed E-state index contributed by atoms with van der Waals surface area (Å²) in [6.45, 7) is 7.63. The lowest BCUT2D eigenvalue weighted by molar-refractivity contribution is -0.0660. The fourth-order valence-electron chi connectivity index (χ4n) is 3.09. The Bertz CT molecular complexity index is 386. The van der Waals surface area contributed by atoms with Crippen molar-refractivity contribution >= 4 is 0 Å². The maximum atomic E-state index is 5.49. The zero-order valence-electron chi connectivity index (χ0n) is 11.5. The van der Waals surface area contributed by atoms with Crippen molar-refractivity contribution in [2.45, 2.75) is 18.3 Å². The van der Waals surface area contributed by atoms with E-state index >= 15 is 0 Å². The number of ether oxygens (including phenoxy) is 1. The minimum Gasteiger partial charge on any atom is -0.379 e. The van der Waals surface area contributed by atoms with E-state index in [0.29, 0.717) is 0 Å². The second-order valence-corrected chi connectivity index (χ2v) is 5.70. The summed E-state index contributed by atoms with van der Waals surface area (Å²) in [7, 11) is 0. The number of hydrogen-bond acceptors (Lipinski definition) is 4. The van der Waals surface area contributed by atoms with E-state index in [9.17, 15) is 0 Å². The molecule has 2 saturated heterocycles. The molecule has 0 atom stereocenters. The molecule has 0 saturated carbocycles. The van der Waals surface area contributed by atoms with Gasteiger partial charge in [0.15, 0.2) is 0 Å². The van der Waals surface area contributed by atoms with Crippen LogP contribution in [0.3, 0.4) is 0 Å². The summed E-state index contributed by atoms with van der Waals surface area (Å²) < 4.78 is 5.49. The molecular formula is C15H23N3O. The van der Waals surface area contributed by atoms with Gasteiger partial charge in [0.25, 0.3) is 0 Å². The molecule has 0 radical (unpaired) electrons. The van der Waals surface area contributed by atoms with Crippen molar-refractivity contribution in [3.05, 3.63) is 30.1 Å². The van der Waals surface area contributed by atoms with Crippen LogP contribution in [0.1, 0.15) is 18.4 Å². The highest BCUT2D eigenvalue weighted by Gasteiger charge is 2.39. The number of rotatable bonds is 5. The third-order valence-electron chi connectivity index (χ3n) is 4.39. The van der Waals surface area contributed by atoms with E-state index < -0.39 is 0 Å². The topological polar surface area (TPSA) is 37.4 Å². The van der Waals surface area contributed by atoms with E-state index in [1.165, 1.54) is 38.0 Å². The third-order valence-corrected chi connectivity index (χ3v) is 4.39. The molecule has 3 heterocycles. The first-order chi connectivity index (χ1) is 9.39. The predicted octanol–water partition coefficient (Wildman–Crippen LogP) is 1.03. The lowest BCUT2D eigenvalue weighted by atomic mass is 9.75. The number of aromatic nitrogens is 1. The molecule has 2 aliphatic rings. The molecule has 19 heavy (non-hydrogen) atoms. The van der Waals surface area contributed by atoms with Crippen LogP contribution < -0.4 is 5.32 Å². The van der Waals surface area contributed by atoms with Crippen LogP contribution in [0.15, 0.2) is 24.5 Å². The van der Waals surface area contributed by atoms with E-state index in [4.69, 9.17) is 4.74 Å². The van der Waals surface area contributed by atoms with Crippen molar-refractivity contribution in [3.8, 4) is 0 Å². The number of nitrogens with zero attached hydrogens (tertiary/aromatic N) is 2. The highest BCUT2D eigenvalue weighted by molar-refractivity contribution is 5.25. The molecule has 1 N–H and O–H groups in total. The highest BCUT2D eigenvalue weighted by Crippen LogP contribution is 2.36. The highest BCUT2D eigenvalue weighted by atomic mass is 16.5. The van der Waals surface area contributed by atoms with Crippen molar-refractivity contribution in [3.63, 3.8) is 0 Å². The molecular weight excluding hydrogens is 238 g/mol. The Morgan fingerprint density at radius 1 is 1.21 bits per heavy atom. The monoisotopic (exact) mass is 261 g/mol. The summed E-state index contributed by atoms with van der Waals surface area (Å²) >= 11 is 0. The van der Waals surface area contributed by atoms with Gasteiger partial charge in [-0.15, -0.1) is 0 Å². The Labute approximate surface area is 115 Å². The van der Waals surface area contributed by atoms with Crippen molar-refractivity contribution in [2.75, 3.05) is 45.9 Å². The fourth-order valence-corrected chi connectivity index (χ4v) is 3.09. The van der Waals surface area contributed by atoms with E-state index in [2.05, 4.69) is 27.3 Å². The van der Waals surface area contributed by atoms with E-state index in [-0.39, 0.29) is 5.41 Å². The SMILES string of the molecule is c1cc(C2(CCCN3CCNCC3)COC2)ccn1. The molecule has 0 aliphatic carbocycles. The first-order valence-corrected chi connectivity index (χ1v) is 7.30. The zero-order chi connectivity index (χ0) is 13.0. The van der Waals surface area contributed by atoms with E-state index in [1.807, 2.05) is 12.4 Å². The molecule has 4 heteroatoms. The van der Waals surface area contributed by atoms with Gasteiger partial charge in [0.1, 0.15) is 0 Å². The largest absolute Gasteiger partial charge is 0.379 e. The van der Waals surface area contributed by atoms with Gasteiger partial charge in [0.05, 0.1) is 13.2 Å². The molecule has 104 valence electrons. The molecule has 4 nitrogen and oxygen atoms in total. The fraction of sp³-hybridized carbons (Fsp3) is 0.667. The Morgan fingerprint density at radius 3 is 2.58 bits per heavy atom. The third kappa shape index (κ3) is 2.96. The van der Waals surface area contributed by atoms with Crippen LogP contribution in [0, 0.1) is 0 Å². The van der Waals surface area contributed by atoms with Crippen molar-refractivity contribution in [1.82, 2.24) is 15.2 Å². The number of nitrogens with one attached hydrogen (secondary N) is 1. The van der Waals surface area contributed by atoms with Crippen LogP contribution in [-0.2, 0) is 10.2 Å².